The van der Waals surface area contributed by atoms with Crippen LogP contribution in [0.3, 0.4) is 0 Å². The first-order valence-corrected chi connectivity index (χ1v) is 8.65. The molecule has 0 aromatic carbocycles. The molecule has 2 heterocycles. The third-order valence-corrected chi connectivity index (χ3v) is 4.77. The number of nitrogens with one attached hydrogen (secondary N) is 1. The maximum Gasteiger partial charge on any atom is 0.112 e. The van der Waals surface area contributed by atoms with Gasteiger partial charge in [0, 0.05) is 37.2 Å². The minimum atomic E-state index is 0.699. The van der Waals surface area contributed by atoms with Gasteiger partial charge in [-0.2, -0.15) is 0 Å². The van der Waals surface area contributed by atoms with E-state index in [4.69, 9.17) is 4.98 Å². The fraction of sp³-hybridized carbons (Fsp3) is 0.824. The van der Waals surface area contributed by atoms with E-state index in [1.807, 2.05) is 0 Å². The second-order valence-corrected chi connectivity index (χ2v) is 6.52. The Morgan fingerprint density at radius 1 is 1.25 bits per heavy atom. The summed E-state index contributed by atoms with van der Waals surface area (Å²) in [7, 11) is 0. The quantitative estimate of drug-likeness (QED) is 0.817. The standard InChI is InChI=1S/C17H29N3/c1-3-5-7-14(6-4-2)20-16-10-11-18-12-15(16)19-17(20)13-8-9-13/h13-14,18H,3-12H2,1-2H3. The molecule has 1 unspecified atom stereocenters. The number of nitrogens with zero attached hydrogens (tertiary/aromatic N) is 2. The van der Waals surface area contributed by atoms with Gasteiger partial charge in [0.15, 0.2) is 0 Å². The van der Waals surface area contributed by atoms with Crippen LogP contribution in [-0.2, 0) is 13.0 Å². The Kier molecular flexibility index (Phi) is 4.45. The highest BCUT2D eigenvalue weighted by Gasteiger charge is 2.33. The average Bonchev–Trinajstić information content (AvgIpc) is 3.24. The largest absolute Gasteiger partial charge is 0.328 e. The Morgan fingerprint density at radius 2 is 2.10 bits per heavy atom. The Hall–Kier alpha value is -0.830. The summed E-state index contributed by atoms with van der Waals surface area (Å²) in [6.07, 6.45) is 10.5. The van der Waals surface area contributed by atoms with E-state index in [2.05, 4.69) is 23.7 Å². The van der Waals surface area contributed by atoms with E-state index in [1.54, 1.807) is 5.69 Å². The van der Waals surface area contributed by atoms with Gasteiger partial charge in [-0.25, -0.2) is 4.98 Å². The molecule has 1 aliphatic carbocycles. The van der Waals surface area contributed by atoms with Crippen LogP contribution in [0.1, 0.15) is 88.0 Å². The zero-order valence-electron chi connectivity index (χ0n) is 13.1. The predicted octanol–water partition coefficient (Wildman–Crippen LogP) is 3.94. The fourth-order valence-electron chi connectivity index (χ4n) is 3.57. The molecular formula is C17H29N3. The summed E-state index contributed by atoms with van der Waals surface area (Å²) in [5.74, 6) is 2.19. The summed E-state index contributed by atoms with van der Waals surface area (Å²) in [5.41, 5.74) is 2.90. The first-order chi connectivity index (χ1) is 9.85. The van der Waals surface area contributed by atoms with Gasteiger partial charge in [0.2, 0.25) is 0 Å². The Labute approximate surface area is 123 Å². The highest BCUT2D eigenvalue weighted by molar-refractivity contribution is 5.25. The number of hydrogen-bond acceptors (Lipinski definition) is 2. The monoisotopic (exact) mass is 275 g/mol. The van der Waals surface area contributed by atoms with E-state index in [1.165, 1.54) is 62.9 Å². The molecule has 3 nitrogen and oxygen atoms in total. The molecule has 0 saturated heterocycles. The van der Waals surface area contributed by atoms with Gasteiger partial charge in [0.05, 0.1) is 5.69 Å². The SMILES string of the molecule is CCCCC(CCC)n1c(C2CC2)nc2c1CCNC2. The van der Waals surface area contributed by atoms with E-state index < -0.39 is 0 Å². The molecule has 0 bridgehead atoms. The van der Waals surface area contributed by atoms with Crippen molar-refractivity contribution in [2.75, 3.05) is 6.54 Å². The molecular weight excluding hydrogens is 246 g/mol. The molecule has 1 aromatic rings. The van der Waals surface area contributed by atoms with Crippen LogP contribution in [0.4, 0.5) is 0 Å². The zero-order valence-corrected chi connectivity index (χ0v) is 13.1. The van der Waals surface area contributed by atoms with Crippen LogP contribution in [0, 0.1) is 0 Å². The van der Waals surface area contributed by atoms with Crippen LogP contribution < -0.4 is 5.32 Å². The van der Waals surface area contributed by atoms with Crippen molar-refractivity contribution in [1.82, 2.24) is 14.9 Å². The normalized spacial score (nSPS) is 19.9. The molecule has 20 heavy (non-hydrogen) atoms. The molecule has 112 valence electrons. The second kappa shape index (κ2) is 6.30. The smallest absolute Gasteiger partial charge is 0.112 e. The molecule has 1 N–H and O–H groups in total. The predicted molar refractivity (Wildman–Crippen MR) is 83.1 cm³/mol. The highest BCUT2D eigenvalue weighted by Crippen LogP contribution is 2.42. The lowest BCUT2D eigenvalue weighted by Crippen LogP contribution is -2.26. The van der Waals surface area contributed by atoms with Gasteiger partial charge >= 0.3 is 0 Å². The van der Waals surface area contributed by atoms with Crippen LogP contribution in [0.5, 0.6) is 0 Å². The molecule has 1 aliphatic heterocycles. The molecule has 1 aromatic heterocycles. The van der Waals surface area contributed by atoms with Gasteiger partial charge in [0.25, 0.3) is 0 Å². The molecule has 0 spiro atoms. The fourth-order valence-corrected chi connectivity index (χ4v) is 3.57. The van der Waals surface area contributed by atoms with E-state index in [0.29, 0.717) is 6.04 Å². The lowest BCUT2D eigenvalue weighted by molar-refractivity contribution is 0.392. The van der Waals surface area contributed by atoms with E-state index >= 15 is 0 Å². The van der Waals surface area contributed by atoms with Crippen LogP contribution >= 0.6 is 0 Å². The maximum atomic E-state index is 5.02. The number of hydrogen-bond donors (Lipinski definition) is 1. The number of rotatable bonds is 7. The zero-order chi connectivity index (χ0) is 13.9. The first-order valence-electron chi connectivity index (χ1n) is 8.65. The molecule has 3 heteroatoms. The molecule has 0 radical (unpaired) electrons. The van der Waals surface area contributed by atoms with Gasteiger partial charge in [-0.3, -0.25) is 0 Å². The second-order valence-electron chi connectivity index (χ2n) is 6.52. The lowest BCUT2D eigenvalue weighted by Gasteiger charge is -2.25. The summed E-state index contributed by atoms with van der Waals surface area (Å²) < 4.78 is 2.69. The van der Waals surface area contributed by atoms with Gasteiger partial charge < -0.3 is 9.88 Å². The van der Waals surface area contributed by atoms with Crippen molar-refractivity contribution in [2.24, 2.45) is 0 Å². The van der Waals surface area contributed by atoms with E-state index in [0.717, 1.165) is 19.0 Å². The van der Waals surface area contributed by atoms with Crippen LogP contribution in [-0.4, -0.2) is 16.1 Å². The Balaban J connectivity index is 1.93. The minimum Gasteiger partial charge on any atom is -0.328 e. The number of unbranched alkanes of at least 4 members (excludes halogenated alkanes) is 1. The van der Waals surface area contributed by atoms with Crippen molar-refractivity contribution >= 4 is 0 Å². The van der Waals surface area contributed by atoms with Gasteiger partial charge in [-0.05, 0) is 25.7 Å². The van der Waals surface area contributed by atoms with Crippen molar-refractivity contribution in [3.63, 3.8) is 0 Å². The van der Waals surface area contributed by atoms with Gasteiger partial charge in [-0.1, -0.05) is 33.1 Å². The third-order valence-electron chi connectivity index (χ3n) is 4.77. The summed E-state index contributed by atoms with van der Waals surface area (Å²) in [6, 6.07) is 0.699. The average molecular weight is 275 g/mol. The maximum absolute atomic E-state index is 5.02. The number of imidazole rings is 1. The Morgan fingerprint density at radius 3 is 2.80 bits per heavy atom. The first kappa shape index (κ1) is 14.1. The van der Waals surface area contributed by atoms with Crippen molar-refractivity contribution in [3.8, 4) is 0 Å². The van der Waals surface area contributed by atoms with Crippen molar-refractivity contribution in [1.29, 1.82) is 0 Å². The van der Waals surface area contributed by atoms with Crippen molar-refractivity contribution in [3.05, 3.63) is 17.2 Å². The minimum absolute atomic E-state index is 0.699. The molecule has 3 rings (SSSR count). The van der Waals surface area contributed by atoms with Crippen molar-refractivity contribution < 1.29 is 0 Å². The molecule has 1 saturated carbocycles. The number of fused-ring (bicyclic) bond motifs is 1. The summed E-state index contributed by atoms with van der Waals surface area (Å²) >= 11 is 0. The van der Waals surface area contributed by atoms with E-state index in [-0.39, 0.29) is 0 Å². The van der Waals surface area contributed by atoms with Crippen LogP contribution in [0.25, 0.3) is 0 Å². The summed E-state index contributed by atoms with van der Waals surface area (Å²) in [5, 5.41) is 3.48. The lowest BCUT2D eigenvalue weighted by atomic mass is 10.0. The van der Waals surface area contributed by atoms with Crippen molar-refractivity contribution in [2.45, 2.75) is 83.7 Å². The third kappa shape index (κ3) is 2.78. The topological polar surface area (TPSA) is 29.9 Å². The molecule has 1 fully saturated rings. The molecule has 0 amide bonds. The van der Waals surface area contributed by atoms with Crippen LogP contribution in [0.2, 0.25) is 0 Å². The highest BCUT2D eigenvalue weighted by atomic mass is 15.1. The summed E-state index contributed by atoms with van der Waals surface area (Å²) in [4.78, 5) is 5.02. The van der Waals surface area contributed by atoms with Gasteiger partial charge in [-0.15, -0.1) is 0 Å². The Bertz CT molecular complexity index is 445. The summed E-state index contributed by atoms with van der Waals surface area (Å²) in [6.45, 7) is 6.73. The van der Waals surface area contributed by atoms with Crippen LogP contribution in [0.15, 0.2) is 0 Å². The molecule has 1 atom stereocenters. The van der Waals surface area contributed by atoms with Gasteiger partial charge in [0.1, 0.15) is 5.82 Å². The molecule has 2 aliphatic rings. The van der Waals surface area contributed by atoms with E-state index in [9.17, 15) is 0 Å². The number of aromatic nitrogens is 2.